The van der Waals surface area contributed by atoms with Crippen LogP contribution in [0, 0.1) is 0 Å². The molecule has 1 aromatic rings. The molecule has 90 valence electrons. The minimum Gasteiger partial charge on any atom is -0.496 e. The highest BCUT2D eigenvalue weighted by molar-refractivity contribution is 9.10. The fourth-order valence-corrected chi connectivity index (χ4v) is 2.17. The van der Waals surface area contributed by atoms with Crippen molar-refractivity contribution in [3.8, 4) is 5.75 Å². The van der Waals surface area contributed by atoms with Crippen molar-refractivity contribution in [2.75, 3.05) is 13.7 Å². The highest BCUT2D eigenvalue weighted by Gasteiger charge is 2.26. The van der Waals surface area contributed by atoms with E-state index in [0.29, 0.717) is 11.3 Å². The lowest BCUT2D eigenvalue weighted by Gasteiger charge is -2.05. The monoisotopic (exact) mass is 298 g/mol. The number of aliphatic hydroxyl groups is 1. The van der Waals surface area contributed by atoms with Gasteiger partial charge in [0.15, 0.2) is 0 Å². The van der Waals surface area contributed by atoms with Gasteiger partial charge >= 0.3 is 5.97 Å². The fraction of sp³-hybridized carbons (Fsp3) is 0.250. The first-order valence-corrected chi connectivity index (χ1v) is 5.82. The molecule has 0 aromatic heterocycles. The van der Waals surface area contributed by atoms with Crippen LogP contribution in [0.2, 0.25) is 0 Å². The lowest BCUT2D eigenvalue weighted by atomic mass is 10.1. The smallest absolute Gasteiger partial charge is 0.339 e. The molecule has 5 heteroatoms. The van der Waals surface area contributed by atoms with Crippen LogP contribution in [0.4, 0.5) is 0 Å². The van der Waals surface area contributed by atoms with Crippen LogP contribution in [0.5, 0.6) is 5.75 Å². The van der Waals surface area contributed by atoms with Crippen molar-refractivity contribution in [3.05, 3.63) is 34.3 Å². The molecule has 0 amide bonds. The van der Waals surface area contributed by atoms with E-state index < -0.39 is 12.1 Å². The molecule has 17 heavy (non-hydrogen) atoms. The van der Waals surface area contributed by atoms with E-state index in [-0.39, 0.29) is 6.61 Å². The van der Waals surface area contributed by atoms with Crippen LogP contribution in [0.1, 0.15) is 5.56 Å². The molecule has 1 aromatic carbocycles. The first-order valence-electron chi connectivity index (χ1n) is 5.03. The zero-order valence-electron chi connectivity index (χ0n) is 9.14. The minimum absolute atomic E-state index is 0.202. The molecule has 1 heterocycles. The van der Waals surface area contributed by atoms with Gasteiger partial charge in [0.05, 0.1) is 23.8 Å². The summed E-state index contributed by atoms with van der Waals surface area (Å²) in [5.41, 5.74) is 1.20. The summed E-state index contributed by atoms with van der Waals surface area (Å²) >= 11 is 3.35. The summed E-state index contributed by atoms with van der Waals surface area (Å²) < 4.78 is 10.8. The third kappa shape index (κ3) is 2.35. The van der Waals surface area contributed by atoms with E-state index in [0.717, 1.165) is 10.0 Å². The Morgan fingerprint density at radius 1 is 1.53 bits per heavy atom. The van der Waals surface area contributed by atoms with Crippen LogP contribution in [0.3, 0.4) is 0 Å². The zero-order chi connectivity index (χ0) is 12.4. The van der Waals surface area contributed by atoms with E-state index >= 15 is 0 Å². The molecule has 2 rings (SSSR count). The molecule has 1 aliphatic heterocycles. The molecule has 1 unspecified atom stereocenters. The first-order chi connectivity index (χ1) is 8.15. The van der Waals surface area contributed by atoms with Crippen LogP contribution in [0.15, 0.2) is 28.7 Å². The van der Waals surface area contributed by atoms with Gasteiger partial charge in [-0.3, -0.25) is 0 Å². The number of rotatable bonds is 3. The average molecular weight is 299 g/mol. The summed E-state index contributed by atoms with van der Waals surface area (Å²) in [7, 11) is 1.57. The molecule has 4 nitrogen and oxygen atoms in total. The van der Waals surface area contributed by atoms with E-state index in [4.69, 9.17) is 14.6 Å². The summed E-state index contributed by atoms with van der Waals surface area (Å²) in [6.07, 6.45) is 1.08. The summed E-state index contributed by atoms with van der Waals surface area (Å²) in [4.78, 5) is 11.6. The molecule has 1 N–H and O–H groups in total. The Morgan fingerprint density at radius 3 is 2.82 bits per heavy atom. The van der Waals surface area contributed by atoms with Gasteiger partial charge in [0.2, 0.25) is 0 Å². The van der Waals surface area contributed by atoms with E-state index in [2.05, 4.69) is 15.9 Å². The summed E-state index contributed by atoms with van der Waals surface area (Å²) in [6, 6.07) is 5.32. The average Bonchev–Trinajstić information content (AvgIpc) is 2.70. The molecular formula is C12H11BrO4. The maximum absolute atomic E-state index is 11.6. The highest BCUT2D eigenvalue weighted by Crippen LogP contribution is 2.31. The number of hydrogen-bond acceptors (Lipinski definition) is 4. The van der Waals surface area contributed by atoms with Gasteiger partial charge in [0, 0.05) is 0 Å². The normalized spacial score (nSPS) is 18.9. The van der Waals surface area contributed by atoms with Crippen molar-refractivity contribution >= 4 is 27.5 Å². The van der Waals surface area contributed by atoms with Gasteiger partial charge in [-0.15, -0.1) is 0 Å². The number of benzene rings is 1. The summed E-state index contributed by atoms with van der Waals surface area (Å²) in [5.74, 6) is 0.278. The van der Waals surface area contributed by atoms with Crippen LogP contribution < -0.4 is 4.74 Å². The Kier molecular flexibility index (Phi) is 3.49. The van der Waals surface area contributed by atoms with Crippen molar-refractivity contribution < 1.29 is 19.4 Å². The summed E-state index contributed by atoms with van der Waals surface area (Å²) in [6.45, 7) is -0.202. The van der Waals surface area contributed by atoms with Crippen molar-refractivity contribution in [1.29, 1.82) is 0 Å². The largest absolute Gasteiger partial charge is 0.496 e. The number of methoxy groups -OCH3 is 1. The van der Waals surface area contributed by atoms with Crippen LogP contribution in [-0.4, -0.2) is 30.9 Å². The first kappa shape index (κ1) is 12.1. The Hall–Kier alpha value is -1.33. The van der Waals surface area contributed by atoms with Gasteiger partial charge in [0.25, 0.3) is 0 Å². The number of halogens is 1. The predicted octanol–water partition coefficient (Wildman–Crippen LogP) is 1.76. The highest BCUT2D eigenvalue weighted by atomic mass is 79.9. The number of esters is 1. The molecule has 0 bridgehead atoms. The maximum Gasteiger partial charge on any atom is 0.339 e. The molecule has 0 fully saturated rings. The predicted molar refractivity (Wildman–Crippen MR) is 65.6 cm³/mol. The molecule has 0 saturated heterocycles. The Morgan fingerprint density at radius 2 is 2.29 bits per heavy atom. The number of carbonyl (C=O) groups excluding carboxylic acids is 1. The Labute approximate surface area is 107 Å². The second-order valence-corrected chi connectivity index (χ2v) is 4.41. The SMILES string of the molecule is COc1ccc(C2=CC(CO)OC2=O)cc1Br. The van der Waals surface area contributed by atoms with Gasteiger partial charge < -0.3 is 14.6 Å². The summed E-state index contributed by atoms with van der Waals surface area (Å²) in [5, 5.41) is 8.93. The van der Waals surface area contributed by atoms with Crippen molar-refractivity contribution in [1.82, 2.24) is 0 Å². The number of hydrogen-bond donors (Lipinski definition) is 1. The van der Waals surface area contributed by atoms with Gasteiger partial charge in [-0.05, 0) is 39.7 Å². The number of aliphatic hydroxyl groups excluding tert-OH is 1. The van der Waals surface area contributed by atoms with E-state index in [1.807, 2.05) is 0 Å². The molecule has 0 saturated carbocycles. The van der Waals surface area contributed by atoms with E-state index in [9.17, 15) is 4.79 Å². The molecule has 0 radical (unpaired) electrons. The quantitative estimate of drug-likeness (QED) is 0.864. The molecular weight excluding hydrogens is 288 g/mol. The maximum atomic E-state index is 11.6. The molecule has 0 spiro atoms. The van der Waals surface area contributed by atoms with E-state index in [1.54, 1.807) is 31.4 Å². The lowest BCUT2D eigenvalue weighted by molar-refractivity contribution is -0.139. The van der Waals surface area contributed by atoms with Gasteiger partial charge in [-0.2, -0.15) is 0 Å². The van der Waals surface area contributed by atoms with Gasteiger partial charge in [-0.25, -0.2) is 4.79 Å². The Balaban J connectivity index is 2.35. The van der Waals surface area contributed by atoms with Crippen molar-refractivity contribution in [2.45, 2.75) is 6.10 Å². The topological polar surface area (TPSA) is 55.8 Å². The second kappa shape index (κ2) is 4.89. The molecule has 1 atom stereocenters. The number of cyclic esters (lactones) is 1. The molecule has 0 aliphatic carbocycles. The third-order valence-corrected chi connectivity index (χ3v) is 3.09. The van der Waals surface area contributed by atoms with Gasteiger partial charge in [0.1, 0.15) is 11.9 Å². The molecule has 1 aliphatic rings. The van der Waals surface area contributed by atoms with Gasteiger partial charge in [-0.1, -0.05) is 6.07 Å². The number of ether oxygens (including phenoxy) is 2. The fourth-order valence-electron chi connectivity index (χ4n) is 1.63. The van der Waals surface area contributed by atoms with Crippen molar-refractivity contribution in [2.24, 2.45) is 0 Å². The minimum atomic E-state index is -0.543. The standard InChI is InChI=1S/C12H11BrO4/c1-16-11-3-2-7(4-10(11)13)9-5-8(6-14)17-12(9)15/h2-5,8,14H,6H2,1H3. The second-order valence-electron chi connectivity index (χ2n) is 3.56. The van der Waals surface area contributed by atoms with Crippen molar-refractivity contribution in [3.63, 3.8) is 0 Å². The lowest BCUT2D eigenvalue weighted by Crippen LogP contribution is -2.11. The van der Waals surface area contributed by atoms with Crippen LogP contribution >= 0.6 is 15.9 Å². The van der Waals surface area contributed by atoms with Crippen LogP contribution in [0.25, 0.3) is 5.57 Å². The van der Waals surface area contributed by atoms with Crippen LogP contribution in [-0.2, 0) is 9.53 Å². The van der Waals surface area contributed by atoms with E-state index in [1.165, 1.54) is 0 Å². The Bertz CT molecular complexity index is 481. The number of carbonyl (C=O) groups is 1. The zero-order valence-corrected chi connectivity index (χ0v) is 10.7. The third-order valence-electron chi connectivity index (χ3n) is 2.47.